The number of amides is 1. The van der Waals surface area contributed by atoms with Crippen LogP contribution in [-0.4, -0.2) is 42.9 Å². The number of hydrogen-bond acceptors (Lipinski definition) is 2. The number of anilines is 1. The first-order chi connectivity index (χ1) is 11.5. The topological polar surface area (TPSA) is 56.7 Å². The molecule has 0 radical (unpaired) electrons. The van der Waals surface area contributed by atoms with Gasteiger partial charge in [0, 0.05) is 25.3 Å². The number of piperidine rings is 1. The zero-order valence-corrected chi connectivity index (χ0v) is 17.4. The number of hydrogen-bond donors (Lipinski definition) is 2. The second-order valence-corrected chi connectivity index (χ2v) is 6.58. The van der Waals surface area contributed by atoms with Gasteiger partial charge in [0.25, 0.3) is 0 Å². The zero-order chi connectivity index (χ0) is 17.5. The van der Waals surface area contributed by atoms with Gasteiger partial charge in [0.1, 0.15) is 12.4 Å². The zero-order valence-electron chi connectivity index (χ0n) is 15.1. The fraction of sp³-hybridized carbons (Fsp3) is 0.556. The fourth-order valence-electron chi connectivity index (χ4n) is 3.18. The molecule has 2 rings (SSSR count). The molecule has 0 bridgehead atoms. The van der Waals surface area contributed by atoms with Crippen LogP contribution in [-0.2, 0) is 4.79 Å². The van der Waals surface area contributed by atoms with Crippen LogP contribution in [0.4, 0.5) is 10.1 Å². The van der Waals surface area contributed by atoms with E-state index in [-0.39, 0.29) is 42.2 Å². The minimum absolute atomic E-state index is 0. The van der Waals surface area contributed by atoms with Crippen LogP contribution >= 0.6 is 24.0 Å². The summed E-state index contributed by atoms with van der Waals surface area (Å²) in [5.41, 5.74) is 0.445. The Hall–Kier alpha value is -1.38. The van der Waals surface area contributed by atoms with Crippen molar-refractivity contribution in [3.8, 4) is 0 Å². The van der Waals surface area contributed by atoms with E-state index in [2.05, 4.69) is 34.4 Å². The molecular formula is C18H28FIN4O. The standard InChI is InChI=1S/C18H27FN4O.HI/c1-4-20-18(23-11-13(2)8-14(3)12-23)21-10-17(24)22-16-7-5-6-15(19)9-16;/h5-7,9,13-14H,4,8,10-12H2,1-3H3,(H,20,21)(H,22,24);1H. The number of likely N-dealkylation sites (tertiary alicyclic amines) is 1. The van der Waals surface area contributed by atoms with E-state index in [4.69, 9.17) is 0 Å². The number of carbonyl (C=O) groups is 1. The number of nitrogens with zero attached hydrogens (tertiary/aromatic N) is 2. The van der Waals surface area contributed by atoms with Crippen molar-refractivity contribution in [3.05, 3.63) is 30.1 Å². The summed E-state index contributed by atoms with van der Waals surface area (Å²) in [6.07, 6.45) is 1.22. The van der Waals surface area contributed by atoms with Gasteiger partial charge in [0.05, 0.1) is 0 Å². The Kier molecular flexibility index (Phi) is 9.16. The Balaban J connectivity index is 0.00000312. The van der Waals surface area contributed by atoms with Crippen molar-refractivity contribution in [1.82, 2.24) is 10.2 Å². The lowest BCUT2D eigenvalue weighted by Gasteiger charge is -2.37. The molecule has 7 heteroatoms. The normalized spacial score (nSPS) is 20.6. The van der Waals surface area contributed by atoms with Gasteiger partial charge < -0.3 is 15.5 Å². The lowest BCUT2D eigenvalue weighted by Crippen LogP contribution is -2.48. The van der Waals surface area contributed by atoms with Gasteiger partial charge in [-0.3, -0.25) is 4.79 Å². The van der Waals surface area contributed by atoms with Gasteiger partial charge in [-0.2, -0.15) is 0 Å². The van der Waals surface area contributed by atoms with E-state index in [0.29, 0.717) is 17.5 Å². The number of guanidine groups is 1. The molecule has 0 aliphatic carbocycles. The van der Waals surface area contributed by atoms with Crippen molar-refractivity contribution >= 4 is 41.5 Å². The molecule has 25 heavy (non-hydrogen) atoms. The summed E-state index contributed by atoms with van der Waals surface area (Å²) in [5.74, 6) is 1.36. The van der Waals surface area contributed by atoms with Gasteiger partial charge in [-0.05, 0) is 43.4 Å². The maximum Gasteiger partial charge on any atom is 0.246 e. The molecule has 1 aliphatic rings. The number of aliphatic imine (C=N–C) groups is 1. The molecule has 1 saturated heterocycles. The van der Waals surface area contributed by atoms with Gasteiger partial charge in [-0.1, -0.05) is 19.9 Å². The Labute approximate surface area is 166 Å². The monoisotopic (exact) mass is 462 g/mol. The van der Waals surface area contributed by atoms with Crippen LogP contribution in [0.15, 0.2) is 29.3 Å². The second kappa shape index (κ2) is 10.6. The third kappa shape index (κ3) is 7.17. The smallest absolute Gasteiger partial charge is 0.246 e. The molecule has 140 valence electrons. The predicted molar refractivity (Wildman–Crippen MR) is 111 cm³/mol. The third-order valence-corrected chi connectivity index (χ3v) is 3.98. The van der Waals surface area contributed by atoms with Crippen LogP contribution in [0.5, 0.6) is 0 Å². The number of rotatable bonds is 4. The maximum absolute atomic E-state index is 13.2. The molecule has 1 fully saturated rings. The average Bonchev–Trinajstić information content (AvgIpc) is 2.50. The summed E-state index contributed by atoms with van der Waals surface area (Å²) in [5, 5.41) is 5.93. The van der Waals surface area contributed by atoms with Crippen LogP contribution in [0.3, 0.4) is 0 Å². The van der Waals surface area contributed by atoms with E-state index in [1.165, 1.54) is 18.6 Å². The van der Waals surface area contributed by atoms with Crippen molar-refractivity contribution in [2.24, 2.45) is 16.8 Å². The maximum atomic E-state index is 13.2. The summed E-state index contributed by atoms with van der Waals surface area (Å²) in [6, 6.07) is 5.86. The van der Waals surface area contributed by atoms with E-state index in [0.717, 1.165) is 25.6 Å². The van der Waals surface area contributed by atoms with Crippen LogP contribution in [0.1, 0.15) is 27.2 Å². The highest BCUT2D eigenvalue weighted by molar-refractivity contribution is 14.0. The van der Waals surface area contributed by atoms with Gasteiger partial charge in [0.2, 0.25) is 5.91 Å². The van der Waals surface area contributed by atoms with Crippen molar-refractivity contribution in [3.63, 3.8) is 0 Å². The summed E-state index contributed by atoms with van der Waals surface area (Å²) >= 11 is 0. The Morgan fingerprint density at radius 1 is 1.32 bits per heavy atom. The van der Waals surface area contributed by atoms with Crippen LogP contribution in [0, 0.1) is 17.7 Å². The molecule has 1 aliphatic heterocycles. The quantitative estimate of drug-likeness (QED) is 0.410. The molecule has 1 aromatic carbocycles. The minimum atomic E-state index is -0.374. The van der Waals surface area contributed by atoms with E-state index in [9.17, 15) is 9.18 Å². The number of carbonyl (C=O) groups excluding carboxylic acids is 1. The van der Waals surface area contributed by atoms with Crippen LogP contribution in [0.2, 0.25) is 0 Å². The van der Waals surface area contributed by atoms with Crippen molar-refractivity contribution in [2.75, 3.05) is 31.5 Å². The highest BCUT2D eigenvalue weighted by Crippen LogP contribution is 2.20. The van der Waals surface area contributed by atoms with E-state index in [1.54, 1.807) is 12.1 Å². The lowest BCUT2D eigenvalue weighted by molar-refractivity contribution is -0.114. The number of benzene rings is 1. The number of nitrogens with one attached hydrogen (secondary N) is 2. The molecule has 2 N–H and O–H groups in total. The largest absolute Gasteiger partial charge is 0.357 e. The highest BCUT2D eigenvalue weighted by Gasteiger charge is 2.24. The van der Waals surface area contributed by atoms with Gasteiger partial charge >= 0.3 is 0 Å². The highest BCUT2D eigenvalue weighted by atomic mass is 127. The summed E-state index contributed by atoms with van der Waals surface area (Å²) in [4.78, 5) is 18.7. The molecule has 0 saturated carbocycles. The molecule has 2 atom stereocenters. The van der Waals surface area contributed by atoms with Gasteiger partial charge in [0.15, 0.2) is 5.96 Å². The molecule has 0 aromatic heterocycles. The molecule has 1 amide bonds. The van der Waals surface area contributed by atoms with Gasteiger partial charge in [-0.25, -0.2) is 9.38 Å². The molecule has 1 aromatic rings. The van der Waals surface area contributed by atoms with Crippen molar-refractivity contribution in [2.45, 2.75) is 27.2 Å². The SMILES string of the molecule is CCNC(=NCC(=O)Nc1cccc(F)c1)N1CC(C)CC(C)C1.I. The van der Waals surface area contributed by atoms with E-state index < -0.39 is 0 Å². The average molecular weight is 462 g/mol. The minimum Gasteiger partial charge on any atom is -0.357 e. The molecule has 0 spiro atoms. The van der Waals surface area contributed by atoms with E-state index >= 15 is 0 Å². The summed E-state index contributed by atoms with van der Waals surface area (Å²) in [7, 11) is 0. The summed E-state index contributed by atoms with van der Waals surface area (Å²) < 4.78 is 13.2. The second-order valence-electron chi connectivity index (χ2n) is 6.58. The van der Waals surface area contributed by atoms with E-state index in [1.807, 2.05) is 6.92 Å². The molecule has 1 heterocycles. The van der Waals surface area contributed by atoms with Gasteiger partial charge in [-0.15, -0.1) is 24.0 Å². The Morgan fingerprint density at radius 2 is 2.00 bits per heavy atom. The molecule has 5 nitrogen and oxygen atoms in total. The Bertz CT molecular complexity index is 586. The first-order valence-electron chi connectivity index (χ1n) is 8.56. The lowest BCUT2D eigenvalue weighted by atomic mass is 9.92. The van der Waals surface area contributed by atoms with Crippen molar-refractivity contribution < 1.29 is 9.18 Å². The first kappa shape index (κ1) is 21.7. The van der Waals surface area contributed by atoms with Crippen LogP contribution in [0.25, 0.3) is 0 Å². The van der Waals surface area contributed by atoms with Crippen LogP contribution < -0.4 is 10.6 Å². The summed E-state index contributed by atoms with van der Waals surface area (Å²) in [6.45, 7) is 9.15. The fourth-order valence-corrected chi connectivity index (χ4v) is 3.18. The number of halogens is 2. The molecule has 2 unspecified atom stereocenters. The third-order valence-electron chi connectivity index (χ3n) is 3.98. The molecular weight excluding hydrogens is 434 g/mol. The first-order valence-corrected chi connectivity index (χ1v) is 8.56. The predicted octanol–water partition coefficient (Wildman–Crippen LogP) is 3.33. The van der Waals surface area contributed by atoms with Crippen molar-refractivity contribution in [1.29, 1.82) is 0 Å². The Morgan fingerprint density at radius 3 is 2.60 bits per heavy atom.